The molecule has 1 atom stereocenters. The van der Waals surface area contributed by atoms with E-state index in [1.165, 1.54) is 12.1 Å². The molecule has 0 spiro atoms. The van der Waals surface area contributed by atoms with Crippen molar-refractivity contribution < 1.29 is 18.3 Å². The summed E-state index contributed by atoms with van der Waals surface area (Å²) in [6, 6.07) is 15.4. The van der Waals surface area contributed by atoms with Crippen molar-refractivity contribution in [3.8, 4) is 16.9 Å². The van der Waals surface area contributed by atoms with Crippen molar-refractivity contribution in [1.29, 1.82) is 0 Å². The second-order valence-electron chi connectivity index (χ2n) is 5.77. The fourth-order valence-corrected chi connectivity index (χ4v) is 3.35. The number of rotatable bonds is 5. The Morgan fingerprint density at radius 2 is 1.72 bits per heavy atom. The Hall–Kier alpha value is -2.28. The fraction of sp³-hybridized carbons (Fsp3) is 0.158. The third-order valence-electron chi connectivity index (χ3n) is 4.15. The van der Waals surface area contributed by atoms with E-state index in [4.69, 9.17) is 4.55 Å². The predicted molar refractivity (Wildman–Crippen MR) is 96.3 cm³/mol. The minimum Gasteiger partial charge on any atom is -0.392 e. The van der Waals surface area contributed by atoms with Gasteiger partial charge in [-0.2, -0.15) is 0 Å². The minimum atomic E-state index is -1.88. The highest BCUT2D eigenvalue weighted by Gasteiger charge is 2.14. The maximum Gasteiger partial charge on any atom is 0.157 e. The highest BCUT2D eigenvalue weighted by Crippen LogP contribution is 2.30. The average Bonchev–Trinajstić information content (AvgIpc) is 2.92. The molecule has 4 nitrogen and oxygen atoms in total. The van der Waals surface area contributed by atoms with E-state index in [2.05, 4.69) is 0 Å². The Kier molecular flexibility index (Phi) is 5.13. The summed E-state index contributed by atoms with van der Waals surface area (Å²) in [7, 11) is 0. The number of benzene rings is 2. The first kappa shape index (κ1) is 17.5. The molecule has 130 valence electrons. The highest BCUT2D eigenvalue weighted by atomic mass is 32.2. The summed E-state index contributed by atoms with van der Waals surface area (Å²) in [6.45, 7) is 1.82. The molecule has 1 unspecified atom stereocenters. The van der Waals surface area contributed by atoms with Crippen LogP contribution in [0.4, 0.5) is 4.39 Å². The maximum absolute atomic E-state index is 13.3. The number of nitrogens with zero attached hydrogens (tertiary/aromatic N) is 1. The summed E-state index contributed by atoms with van der Waals surface area (Å²) < 4.78 is 35.1. The van der Waals surface area contributed by atoms with Crippen LogP contribution in [0.15, 0.2) is 54.6 Å². The Balaban J connectivity index is 2.09. The van der Waals surface area contributed by atoms with E-state index in [9.17, 15) is 13.7 Å². The number of aliphatic hydroxyl groups excluding tert-OH is 1. The monoisotopic (exact) mass is 359 g/mol. The molecular weight excluding hydrogens is 341 g/mol. The molecule has 0 bridgehead atoms. The van der Waals surface area contributed by atoms with Gasteiger partial charge in [0.05, 0.1) is 18.1 Å². The van der Waals surface area contributed by atoms with Gasteiger partial charge < -0.3 is 14.2 Å². The molecule has 0 aliphatic carbocycles. The number of aliphatic hydroxyl groups is 1. The largest absolute Gasteiger partial charge is 0.392 e. The molecule has 6 heteroatoms. The van der Waals surface area contributed by atoms with Gasteiger partial charge in [0.2, 0.25) is 0 Å². The van der Waals surface area contributed by atoms with E-state index in [0.717, 1.165) is 33.8 Å². The molecule has 0 amide bonds. The predicted octanol–water partition coefficient (Wildman–Crippen LogP) is 3.81. The molecule has 0 aliphatic rings. The number of hydrogen-bond acceptors (Lipinski definition) is 2. The highest BCUT2D eigenvalue weighted by molar-refractivity contribution is 7.78. The summed E-state index contributed by atoms with van der Waals surface area (Å²) in [5, 5.41) is 9.60. The van der Waals surface area contributed by atoms with Crippen molar-refractivity contribution in [3.63, 3.8) is 0 Å². The van der Waals surface area contributed by atoms with Gasteiger partial charge in [-0.15, -0.1) is 0 Å². The molecule has 1 aromatic heterocycles. The van der Waals surface area contributed by atoms with Gasteiger partial charge in [-0.05, 0) is 53.9 Å². The van der Waals surface area contributed by atoms with Crippen molar-refractivity contribution in [1.82, 2.24) is 4.57 Å². The van der Waals surface area contributed by atoms with Crippen molar-refractivity contribution in [2.24, 2.45) is 0 Å². The SMILES string of the molecule is Cc1c(CO)cc(-c2ccc(CS(=O)O)cc2)n1-c1ccc(F)cc1. The van der Waals surface area contributed by atoms with E-state index in [1.54, 1.807) is 24.3 Å². The first-order valence-electron chi connectivity index (χ1n) is 7.74. The van der Waals surface area contributed by atoms with Crippen LogP contribution in [0.2, 0.25) is 0 Å². The molecule has 0 radical (unpaired) electrons. The number of aromatic nitrogens is 1. The van der Waals surface area contributed by atoms with Gasteiger partial charge in [0.1, 0.15) is 5.82 Å². The van der Waals surface area contributed by atoms with E-state index in [-0.39, 0.29) is 18.2 Å². The molecule has 2 aromatic carbocycles. The summed E-state index contributed by atoms with van der Waals surface area (Å²) in [5.41, 5.74) is 5.01. The summed E-state index contributed by atoms with van der Waals surface area (Å²) in [6.07, 6.45) is 0. The van der Waals surface area contributed by atoms with E-state index in [0.29, 0.717) is 0 Å². The van der Waals surface area contributed by atoms with E-state index >= 15 is 0 Å². The second kappa shape index (κ2) is 7.31. The van der Waals surface area contributed by atoms with Crippen molar-refractivity contribution >= 4 is 11.1 Å². The van der Waals surface area contributed by atoms with E-state index in [1.807, 2.05) is 29.7 Å². The number of halogens is 1. The van der Waals surface area contributed by atoms with Crippen LogP contribution in [-0.2, 0) is 23.4 Å². The molecule has 3 aromatic rings. The maximum atomic E-state index is 13.3. The molecule has 3 rings (SSSR count). The Morgan fingerprint density at radius 1 is 1.08 bits per heavy atom. The van der Waals surface area contributed by atoms with Gasteiger partial charge in [0.25, 0.3) is 0 Å². The van der Waals surface area contributed by atoms with Crippen LogP contribution in [-0.4, -0.2) is 18.4 Å². The molecule has 1 heterocycles. The first-order chi connectivity index (χ1) is 12.0. The van der Waals surface area contributed by atoms with Gasteiger partial charge in [-0.3, -0.25) is 0 Å². The lowest BCUT2D eigenvalue weighted by Gasteiger charge is -2.13. The third kappa shape index (κ3) is 3.71. The van der Waals surface area contributed by atoms with Crippen molar-refractivity contribution in [3.05, 3.63) is 77.2 Å². The Bertz CT molecular complexity index is 902. The fourth-order valence-electron chi connectivity index (χ4n) is 2.87. The smallest absolute Gasteiger partial charge is 0.157 e. The molecular formula is C19H18FNO3S. The molecule has 25 heavy (non-hydrogen) atoms. The van der Waals surface area contributed by atoms with Crippen LogP contribution >= 0.6 is 0 Å². The minimum absolute atomic E-state index is 0.0835. The standard InChI is InChI=1S/C19H18FNO3S/c1-13-16(11-22)10-19(21(13)18-8-6-17(20)7-9-18)15-4-2-14(3-5-15)12-25(23)24/h2-10,22H,11-12H2,1H3,(H,23,24). The van der Waals surface area contributed by atoms with Crippen LogP contribution in [0.1, 0.15) is 16.8 Å². The molecule has 0 aliphatic heterocycles. The molecule has 0 saturated heterocycles. The van der Waals surface area contributed by atoms with Crippen LogP contribution < -0.4 is 0 Å². The Labute approximate surface area is 147 Å². The van der Waals surface area contributed by atoms with E-state index < -0.39 is 11.1 Å². The molecule has 2 N–H and O–H groups in total. The van der Waals surface area contributed by atoms with Gasteiger partial charge >= 0.3 is 0 Å². The van der Waals surface area contributed by atoms with Crippen LogP contribution in [0, 0.1) is 12.7 Å². The summed E-state index contributed by atoms with van der Waals surface area (Å²) in [5.74, 6) is -0.223. The van der Waals surface area contributed by atoms with Gasteiger partial charge in [0.15, 0.2) is 11.1 Å². The topological polar surface area (TPSA) is 62.5 Å². The average molecular weight is 359 g/mol. The van der Waals surface area contributed by atoms with Crippen LogP contribution in [0.5, 0.6) is 0 Å². The van der Waals surface area contributed by atoms with Crippen LogP contribution in [0.25, 0.3) is 16.9 Å². The third-order valence-corrected chi connectivity index (χ3v) is 4.73. The van der Waals surface area contributed by atoms with Crippen molar-refractivity contribution in [2.45, 2.75) is 19.3 Å². The van der Waals surface area contributed by atoms with Gasteiger partial charge in [0, 0.05) is 11.4 Å². The quantitative estimate of drug-likeness (QED) is 0.681. The van der Waals surface area contributed by atoms with Crippen molar-refractivity contribution in [2.75, 3.05) is 0 Å². The first-order valence-corrected chi connectivity index (χ1v) is 9.02. The zero-order valence-electron chi connectivity index (χ0n) is 13.6. The number of hydrogen-bond donors (Lipinski definition) is 2. The van der Waals surface area contributed by atoms with Gasteiger partial charge in [-0.25, -0.2) is 8.60 Å². The zero-order valence-corrected chi connectivity index (χ0v) is 14.5. The normalized spacial score (nSPS) is 12.3. The summed E-state index contributed by atoms with van der Waals surface area (Å²) >= 11 is -1.88. The molecule has 0 saturated carbocycles. The zero-order chi connectivity index (χ0) is 18.0. The second-order valence-corrected chi connectivity index (χ2v) is 6.70. The summed E-state index contributed by atoms with van der Waals surface area (Å²) in [4.78, 5) is 0. The molecule has 0 fully saturated rings. The lowest BCUT2D eigenvalue weighted by Crippen LogP contribution is -2.00. The lowest BCUT2D eigenvalue weighted by atomic mass is 10.1. The van der Waals surface area contributed by atoms with Crippen LogP contribution in [0.3, 0.4) is 0 Å². The van der Waals surface area contributed by atoms with Gasteiger partial charge in [-0.1, -0.05) is 24.3 Å². The Morgan fingerprint density at radius 3 is 2.28 bits per heavy atom. The lowest BCUT2D eigenvalue weighted by molar-refractivity contribution is 0.281.